The Bertz CT molecular complexity index is 1040. The van der Waals surface area contributed by atoms with Gasteiger partial charge in [0.05, 0.1) is 18.0 Å². The van der Waals surface area contributed by atoms with Crippen molar-refractivity contribution in [3.05, 3.63) is 35.5 Å². The van der Waals surface area contributed by atoms with Gasteiger partial charge in [-0.25, -0.2) is 12.7 Å². The molecule has 10 nitrogen and oxygen atoms in total. The first-order chi connectivity index (χ1) is 15.1. The van der Waals surface area contributed by atoms with Crippen molar-refractivity contribution in [3.63, 3.8) is 0 Å². The molecule has 1 aliphatic rings. The van der Waals surface area contributed by atoms with Gasteiger partial charge in [-0.05, 0) is 24.6 Å². The average Bonchev–Trinajstić information content (AvgIpc) is 3.19. The number of amides is 1. The molecule has 176 valence electrons. The maximum atomic E-state index is 12.5. The average molecular weight is 465 g/mol. The number of aryl methyl sites for hydroxylation is 1. The van der Waals surface area contributed by atoms with E-state index in [1.165, 1.54) is 24.5 Å². The maximum absolute atomic E-state index is 12.5. The van der Waals surface area contributed by atoms with Crippen molar-refractivity contribution in [3.8, 4) is 0 Å². The number of carbonyl (C=O) groups is 1. The van der Waals surface area contributed by atoms with Gasteiger partial charge in [-0.15, -0.1) is 0 Å². The monoisotopic (exact) mass is 464 g/mol. The number of nitrogens with one attached hydrogen (secondary N) is 1. The van der Waals surface area contributed by atoms with Crippen molar-refractivity contribution in [2.45, 2.75) is 38.1 Å². The van der Waals surface area contributed by atoms with Crippen LogP contribution in [0.25, 0.3) is 0 Å². The van der Waals surface area contributed by atoms with E-state index in [1.54, 1.807) is 19.1 Å². The first kappa shape index (κ1) is 24.3. The van der Waals surface area contributed by atoms with Crippen LogP contribution in [0, 0.1) is 6.92 Å². The summed E-state index contributed by atoms with van der Waals surface area (Å²) >= 11 is 0. The predicted octanol–water partition coefficient (Wildman–Crippen LogP) is 1.51. The number of hydrogen-bond acceptors (Lipinski definition) is 8. The summed E-state index contributed by atoms with van der Waals surface area (Å²) in [7, 11) is -0.605. The van der Waals surface area contributed by atoms with E-state index in [0.29, 0.717) is 29.5 Å². The van der Waals surface area contributed by atoms with Gasteiger partial charge in [0.2, 0.25) is 21.8 Å². The minimum absolute atomic E-state index is 0.172. The smallest absolute Gasteiger partial charge is 0.242 e. The molecule has 0 aliphatic carbocycles. The van der Waals surface area contributed by atoms with Crippen LogP contribution in [0.15, 0.2) is 27.6 Å². The number of rotatable bonds is 8. The fraction of sp³-hybridized carbons (Fsp3) is 0.571. The lowest BCUT2D eigenvalue weighted by Gasteiger charge is -2.33. The fourth-order valence-electron chi connectivity index (χ4n) is 3.42. The quantitative estimate of drug-likeness (QED) is 0.626. The topological polar surface area (TPSA) is 112 Å². The van der Waals surface area contributed by atoms with Gasteiger partial charge in [0.25, 0.3) is 0 Å². The highest BCUT2D eigenvalue weighted by atomic mass is 32.2. The second-order valence-electron chi connectivity index (χ2n) is 8.57. The molecule has 1 aromatic heterocycles. The Labute approximate surface area is 189 Å². The number of carbonyl (C=O) groups excluding carboxylic acids is 1. The summed E-state index contributed by atoms with van der Waals surface area (Å²) in [4.78, 5) is 21.4. The summed E-state index contributed by atoms with van der Waals surface area (Å²) in [6.45, 7) is 9.71. The molecule has 0 bridgehead atoms. The van der Waals surface area contributed by atoms with Crippen molar-refractivity contribution in [1.82, 2.24) is 24.2 Å². The molecule has 0 unspecified atom stereocenters. The van der Waals surface area contributed by atoms with E-state index in [1.807, 2.05) is 13.8 Å². The van der Waals surface area contributed by atoms with E-state index in [9.17, 15) is 13.2 Å². The standard InChI is InChI=1S/C21H32N6O4S/c1-15(2)21-23-20(31-24-21)14-27-10-8-26(9-11-27)13-19(28)22-17-7-6-16(3)18(12-17)32(29,30)25(4)5/h6-7,12,15H,8-11,13-14H2,1-5H3,(H,22,28). The van der Waals surface area contributed by atoms with Crippen molar-refractivity contribution in [2.24, 2.45) is 0 Å². The van der Waals surface area contributed by atoms with E-state index in [-0.39, 0.29) is 23.3 Å². The zero-order chi connectivity index (χ0) is 23.5. The summed E-state index contributed by atoms with van der Waals surface area (Å²) in [6, 6.07) is 4.93. The predicted molar refractivity (Wildman–Crippen MR) is 121 cm³/mol. The molecular formula is C21H32N6O4S. The van der Waals surface area contributed by atoms with Crippen molar-refractivity contribution < 1.29 is 17.7 Å². The van der Waals surface area contributed by atoms with E-state index < -0.39 is 10.0 Å². The SMILES string of the molecule is Cc1ccc(NC(=O)CN2CCN(Cc3nc(C(C)C)no3)CC2)cc1S(=O)(=O)N(C)C. The number of piperazine rings is 1. The summed E-state index contributed by atoms with van der Waals surface area (Å²) in [5, 5.41) is 6.82. The van der Waals surface area contributed by atoms with Crippen molar-refractivity contribution in [2.75, 3.05) is 52.1 Å². The van der Waals surface area contributed by atoms with Crippen LogP contribution >= 0.6 is 0 Å². The van der Waals surface area contributed by atoms with Gasteiger partial charge in [0.15, 0.2) is 5.82 Å². The lowest BCUT2D eigenvalue weighted by atomic mass is 10.2. The molecule has 1 N–H and O–H groups in total. The van der Waals surface area contributed by atoms with Gasteiger partial charge >= 0.3 is 0 Å². The first-order valence-corrected chi connectivity index (χ1v) is 12.1. The molecule has 1 amide bonds. The summed E-state index contributed by atoms with van der Waals surface area (Å²) in [5.41, 5.74) is 1.10. The number of aromatic nitrogens is 2. The van der Waals surface area contributed by atoms with Crippen LogP contribution in [0.1, 0.15) is 37.0 Å². The molecule has 0 spiro atoms. The van der Waals surface area contributed by atoms with E-state index >= 15 is 0 Å². The van der Waals surface area contributed by atoms with Gasteiger partial charge < -0.3 is 9.84 Å². The van der Waals surface area contributed by atoms with Gasteiger partial charge in [-0.3, -0.25) is 14.6 Å². The van der Waals surface area contributed by atoms with Gasteiger partial charge in [0.1, 0.15) is 0 Å². The Hall–Kier alpha value is -2.34. The molecular weight excluding hydrogens is 432 g/mol. The Kier molecular flexibility index (Phi) is 7.65. The zero-order valence-electron chi connectivity index (χ0n) is 19.3. The minimum Gasteiger partial charge on any atom is -0.338 e. The number of anilines is 1. The van der Waals surface area contributed by atoms with E-state index in [0.717, 1.165) is 26.2 Å². The second kappa shape index (κ2) is 10.1. The van der Waals surface area contributed by atoms with Crippen LogP contribution in [0.4, 0.5) is 5.69 Å². The summed E-state index contributed by atoms with van der Waals surface area (Å²) in [6.07, 6.45) is 0. The molecule has 1 saturated heterocycles. The second-order valence-corrected chi connectivity index (χ2v) is 10.7. The molecule has 3 rings (SSSR count). The van der Waals surface area contributed by atoms with Crippen LogP contribution in [-0.4, -0.2) is 85.4 Å². The van der Waals surface area contributed by atoms with Gasteiger partial charge in [-0.1, -0.05) is 25.1 Å². The van der Waals surface area contributed by atoms with E-state index in [4.69, 9.17) is 4.52 Å². The van der Waals surface area contributed by atoms with Crippen molar-refractivity contribution in [1.29, 1.82) is 0 Å². The lowest BCUT2D eigenvalue weighted by molar-refractivity contribution is -0.117. The number of hydrogen-bond donors (Lipinski definition) is 1. The Morgan fingerprint density at radius 2 is 1.84 bits per heavy atom. The van der Waals surface area contributed by atoms with Crippen LogP contribution in [0.2, 0.25) is 0 Å². The normalized spacial score (nSPS) is 16.1. The molecule has 32 heavy (non-hydrogen) atoms. The molecule has 11 heteroatoms. The van der Waals surface area contributed by atoms with E-state index in [2.05, 4.69) is 25.3 Å². The van der Waals surface area contributed by atoms with Gasteiger partial charge in [0, 0.05) is 51.9 Å². The summed E-state index contributed by atoms with van der Waals surface area (Å²) in [5.74, 6) is 1.39. The highest BCUT2D eigenvalue weighted by molar-refractivity contribution is 7.89. The zero-order valence-corrected chi connectivity index (χ0v) is 20.1. The number of nitrogens with zero attached hydrogens (tertiary/aromatic N) is 5. The molecule has 2 heterocycles. The highest BCUT2D eigenvalue weighted by Gasteiger charge is 2.23. The Balaban J connectivity index is 1.51. The highest BCUT2D eigenvalue weighted by Crippen LogP contribution is 2.22. The fourth-order valence-corrected chi connectivity index (χ4v) is 4.56. The Morgan fingerprint density at radius 3 is 2.44 bits per heavy atom. The van der Waals surface area contributed by atoms with Crippen LogP contribution in [0.3, 0.4) is 0 Å². The summed E-state index contributed by atoms with van der Waals surface area (Å²) < 4.78 is 31.5. The largest absolute Gasteiger partial charge is 0.338 e. The number of sulfonamides is 1. The first-order valence-electron chi connectivity index (χ1n) is 10.7. The van der Waals surface area contributed by atoms with Crippen molar-refractivity contribution >= 4 is 21.6 Å². The third kappa shape index (κ3) is 5.91. The third-order valence-electron chi connectivity index (χ3n) is 5.42. The number of benzene rings is 1. The molecule has 0 saturated carbocycles. The maximum Gasteiger partial charge on any atom is 0.242 e. The molecule has 0 radical (unpaired) electrons. The molecule has 1 aliphatic heterocycles. The van der Waals surface area contributed by atoms with Crippen LogP contribution in [-0.2, 0) is 21.4 Å². The van der Waals surface area contributed by atoms with Crippen LogP contribution < -0.4 is 5.32 Å². The molecule has 2 aromatic rings. The van der Waals surface area contributed by atoms with Gasteiger partial charge in [-0.2, -0.15) is 4.98 Å². The molecule has 1 aromatic carbocycles. The minimum atomic E-state index is -3.58. The van der Waals surface area contributed by atoms with Crippen LogP contribution in [0.5, 0.6) is 0 Å². The molecule has 1 fully saturated rings. The molecule has 0 atom stereocenters. The third-order valence-corrected chi connectivity index (χ3v) is 7.38. The lowest BCUT2D eigenvalue weighted by Crippen LogP contribution is -2.48. The Morgan fingerprint density at radius 1 is 1.19 bits per heavy atom.